The van der Waals surface area contributed by atoms with Crippen molar-refractivity contribution in [3.05, 3.63) is 102 Å². The Labute approximate surface area is 186 Å². The van der Waals surface area contributed by atoms with Crippen molar-refractivity contribution in [1.82, 2.24) is 4.98 Å². The third-order valence-corrected chi connectivity index (χ3v) is 5.22. The highest BCUT2D eigenvalue weighted by Crippen LogP contribution is 2.39. The number of carbonyl (C=O) groups excluding carboxylic acids is 2. The summed E-state index contributed by atoms with van der Waals surface area (Å²) in [5.41, 5.74) is 6.63. The molecule has 0 bridgehead atoms. The second-order valence-corrected chi connectivity index (χ2v) is 7.08. The summed E-state index contributed by atoms with van der Waals surface area (Å²) in [5.74, 6) is -0.748. The Morgan fingerprint density at radius 2 is 1.12 bits per heavy atom. The van der Waals surface area contributed by atoms with Gasteiger partial charge in [0.25, 0.3) is 0 Å². The summed E-state index contributed by atoms with van der Waals surface area (Å²) < 4.78 is 9.61. The van der Waals surface area contributed by atoms with E-state index in [1.807, 2.05) is 60.7 Å². The number of nitrogens with zero attached hydrogens (tertiary/aromatic N) is 1. The zero-order valence-corrected chi connectivity index (χ0v) is 17.7. The molecule has 1 heterocycles. The molecule has 0 aliphatic carbocycles. The third kappa shape index (κ3) is 4.14. The van der Waals surface area contributed by atoms with Crippen molar-refractivity contribution >= 4 is 11.9 Å². The summed E-state index contributed by atoms with van der Waals surface area (Å²) in [6.45, 7) is 0. The molecule has 0 radical (unpaired) electrons. The molecule has 0 saturated heterocycles. The van der Waals surface area contributed by atoms with Gasteiger partial charge in [-0.1, -0.05) is 48.5 Å². The first kappa shape index (κ1) is 21.0. The lowest BCUT2D eigenvalue weighted by molar-refractivity contribution is 0.0592. The van der Waals surface area contributed by atoms with E-state index in [1.165, 1.54) is 14.2 Å². The highest BCUT2D eigenvalue weighted by atomic mass is 16.5. The lowest BCUT2D eigenvalue weighted by Gasteiger charge is -2.16. The third-order valence-electron chi connectivity index (χ3n) is 5.22. The van der Waals surface area contributed by atoms with Gasteiger partial charge in [0.1, 0.15) is 0 Å². The number of benzene rings is 3. The number of hydrogen-bond acceptors (Lipinski definition) is 5. The van der Waals surface area contributed by atoms with Gasteiger partial charge in [-0.3, -0.25) is 4.98 Å². The number of rotatable bonds is 5. The fourth-order valence-corrected chi connectivity index (χ4v) is 3.63. The molecule has 0 fully saturated rings. The smallest absolute Gasteiger partial charge is 0.337 e. The number of carbonyl (C=O) groups is 2. The van der Waals surface area contributed by atoms with Crippen LogP contribution in [0.4, 0.5) is 0 Å². The number of methoxy groups -OCH3 is 2. The van der Waals surface area contributed by atoms with Crippen molar-refractivity contribution < 1.29 is 19.1 Å². The van der Waals surface area contributed by atoms with Crippen molar-refractivity contribution in [2.75, 3.05) is 14.2 Å². The molecule has 0 unspecified atom stereocenters. The average Bonchev–Trinajstić information content (AvgIpc) is 2.88. The van der Waals surface area contributed by atoms with E-state index < -0.39 is 0 Å². The summed E-state index contributed by atoms with van der Waals surface area (Å²) in [4.78, 5) is 28.2. The predicted molar refractivity (Wildman–Crippen MR) is 123 cm³/mol. The molecule has 0 N–H and O–H groups in total. The van der Waals surface area contributed by atoms with E-state index in [2.05, 4.69) is 4.98 Å². The van der Waals surface area contributed by atoms with Crippen LogP contribution in [-0.4, -0.2) is 31.1 Å². The normalized spacial score (nSPS) is 10.4. The molecule has 4 rings (SSSR count). The van der Waals surface area contributed by atoms with Gasteiger partial charge in [0, 0.05) is 11.8 Å². The topological polar surface area (TPSA) is 65.5 Å². The average molecular weight is 423 g/mol. The molecule has 32 heavy (non-hydrogen) atoms. The molecule has 4 aromatic rings. The van der Waals surface area contributed by atoms with Crippen LogP contribution in [0.2, 0.25) is 0 Å². The molecule has 1 aromatic heterocycles. The summed E-state index contributed by atoms with van der Waals surface area (Å²) in [6, 6.07) is 26.4. The summed E-state index contributed by atoms with van der Waals surface area (Å²) in [7, 11) is 2.73. The molecule has 0 aliphatic heterocycles. The van der Waals surface area contributed by atoms with Crippen LogP contribution in [0.3, 0.4) is 0 Å². The van der Waals surface area contributed by atoms with Crippen LogP contribution in [0.1, 0.15) is 20.7 Å². The number of hydrogen-bond donors (Lipinski definition) is 0. The van der Waals surface area contributed by atoms with Gasteiger partial charge in [-0.2, -0.15) is 0 Å². The maximum atomic E-state index is 11.8. The Hall–Kier alpha value is -4.25. The Morgan fingerprint density at radius 3 is 1.53 bits per heavy atom. The van der Waals surface area contributed by atoms with E-state index in [1.54, 1.807) is 30.5 Å². The van der Waals surface area contributed by atoms with E-state index in [0.29, 0.717) is 11.1 Å². The van der Waals surface area contributed by atoms with Crippen molar-refractivity contribution in [3.63, 3.8) is 0 Å². The fourth-order valence-electron chi connectivity index (χ4n) is 3.63. The predicted octanol–water partition coefficient (Wildman–Crippen LogP) is 5.66. The second-order valence-electron chi connectivity index (χ2n) is 7.08. The number of aromatic nitrogens is 1. The van der Waals surface area contributed by atoms with E-state index in [9.17, 15) is 9.59 Å². The van der Waals surface area contributed by atoms with Crippen LogP contribution >= 0.6 is 0 Å². The lowest BCUT2D eigenvalue weighted by atomic mass is 9.89. The Morgan fingerprint density at radius 1 is 0.625 bits per heavy atom. The number of ether oxygens (including phenoxy) is 2. The SMILES string of the molecule is COC(=O)c1ccc(-c2cccc(-c3ccc(C(=O)OC)cc3)c2-c2ccccn2)cc1. The van der Waals surface area contributed by atoms with E-state index in [4.69, 9.17) is 9.47 Å². The molecule has 5 nitrogen and oxygen atoms in total. The van der Waals surface area contributed by atoms with Crippen LogP contribution in [0.25, 0.3) is 33.5 Å². The number of esters is 2. The van der Waals surface area contributed by atoms with Crippen molar-refractivity contribution in [3.8, 4) is 33.5 Å². The van der Waals surface area contributed by atoms with Gasteiger partial charge in [0.2, 0.25) is 0 Å². The first-order chi connectivity index (χ1) is 15.6. The minimum Gasteiger partial charge on any atom is -0.465 e. The monoisotopic (exact) mass is 423 g/mol. The van der Waals surface area contributed by atoms with Gasteiger partial charge in [0.15, 0.2) is 0 Å². The van der Waals surface area contributed by atoms with Crippen LogP contribution < -0.4 is 0 Å². The quantitative estimate of drug-likeness (QED) is 0.388. The van der Waals surface area contributed by atoms with Crippen LogP contribution in [0.5, 0.6) is 0 Å². The van der Waals surface area contributed by atoms with Crippen LogP contribution in [-0.2, 0) is 9.47 Å². The van der Waals surface area contributed by atoms with Crippen LogP contribution in [0, 0.1) is 0 Å². The van der Waals surface area contributed by atoms with Gasteiger partial charge in [0.05, 0.1) is 31.0 Å². The van der Waals surface area contributed by atoms with Gasteiger partial charge in [-0.15, -0.1) is 0 Å². The maximum Gasteiger partial charge on any atom is 0.337 e. The fraction of sp³-hybridized carbons (Fsp3) is 0.0741. The molecule has 0 aliphatic rings. The van der Waals surface area contributed by atoms with Gasteiger partial charge >= 0.3 is 11.9 Å². The first-order valence-electron chi connectivity index (χ1n) is 10.0. The van der Waals surface area contributed by atoms with Crippen molar-refractivity contribution in [1.29, 1.82) is 0 Å². The minimum absolute atomic E-state index is 0.374. The van der Waals surface area contributed by atoms with Gasteiger partial charge < -0.3 is 9.47 Å². The van der Waals surface area contributed by atoms with Crippen molar-refractivity contribution in [2.45, 2.75) is 0 Å². The summed E-state index contributed by atoms with van der Waals surface area (Å²) in [6.07, 6.45) is 1.76. The molecule has 158 valence electrons. The Bertz CT molecular complexity index is 1170. The Balaban J connectivity index is 1.87. The first-order valence-corrected chi connectivity index (χ1v) is 10.0. The molecule has 0 saturated carbocycles. The van der Waals surface area contributed by atoms with Gasteiger partial charge in [-0.25, -0.2) is 9.59 Å². The Kier molecular flexibility index (Phi) is 6.08. The molecule has 0 spiro atoms. The zero-order valence-electron chi connectivity index (χ0n) is 17.7. The highest BCUT2D eigenvalue weighted by molar-refractivity contribution is 5.95. The largest absolute Gasteiger partial charge is 0.465 e. The van der Waals surface area contributed by atoms with Crippen molar-refractivity contribution in [2.24, 2.45) is 0 Å². The zero-order chi connectivity index (χ0) is 22.5. The minimum atomic E-state index is -0.374. The standard InChI is InChI=1S/C27H21NO4/c1-31-26(29)20-13-9-18(10-14-20)22-6-5-7-23(25(22)24-8-3-4-17-28-24)19-11-15-21(16-12-19)27(30)32-2/h3-17H,1-2H3. The van der Waals surface area contributed by atoms with Gasteiger partial charge in [-0.05, 0) is 58.7 Å². The number of pyridine rings is 1. The summed E-state index contributed by atoms with van der Waals surface area (Å²) >= 11 is 0. The van der Waals surface area contributed by atoms with Crippen LogP contribution in [0.15, 0.2) is 91.1 Å². The van der Waals surface area contributed by atoms with E-state index in [-0.39, 0.29) is 11.9 Å². The van der Waals surface area contributed by atoms with E-state index >= 15 is 0 Å². The molecule has 0 atom stereocenters. The highest BCUT2D eigenvalue weighted by Gasteiger charge is 2.16. The molecular formula is C27H21NO4. The molecular weight excluding hydrogens is 402 g/mol. The molecule has 5 heteroatoms. The maximum absolute atomic E-state index is 11.8. The lowest BCUT2D eigenvalue weighted by Crippen LogP contribution is -2.01. The summed E-state index contributed by atoms with van der Waals surface area (Å²) in [5, 5.41) is 0. The molecule has 3 aromatic carbocycles. The second kappa shape index (κ2) is 9.27. The molecule has 0 amide bonds. The van der Waals surface area contributed by atoms with E-state index in [0.717, 1.165) is 33.5 Å².